The molecule has 2 heterocycles. The van der Waals surface area contributed by atoms with Crippen LogP contribution in [0, 0.1) is 4.90 Å². The lowest BCUT2D eigenvalue weighted by atomic mass is 10.5. The monoisotopic (exact) mass is 187 g/mol. The highest BCUT2D eigenvalue weighted by Crippen LogP contribution is 2.17. The van der Waals surface area contributed by atoms with Gasteiger partial charge in [0.25, 0.3) is 5.71 Å². The van der Waals surface area contributed by atoms with Crippen LogP contribution < -0.4 is 0 Å². The van der Waals surface area contributed by atoms with E-state index < -0.39 is 0 Å². The fraction of sp³-hybridized carbons (Fsp3) is 0. The average molecular weight is 188 g/mol. The van der Waals surface area contributed by atoms with Gasteiger partial charge in [-0.25, -0.2) is 4.98 Å². The summed E-state index contributed by atoms with van der Waals surface area (Å²) in [5, 5.41) is 0.497. The van der Waals surface area contributed by atoms with Crippen molar-refractivity contribution in [3.05, 3.63) is 22.2 Å². The first-order chi connectivity index (χ1) is 5.25. The van der Waals surface area contributed by atoms with E-state index in [9.17, 15) is 0 Å². The Morgan fingerprint density at radius 1 is 1.45 bits per heavy atom. The zero-order valence-electron chi connectivity index (χ0n) is 5.20. The van der Waals surface area contributed by atoms with Crippen molar-refractivity contribution >= 4 is 35.1 Å². The number of aromatic nitrogens is 1. The molecular formula is C6H2ClNO2S. The Kier molecular flexibility index (Phi) is 1.44. The van der Waals surface area contributed by atoms with Crippen LogP contribution in [0.4, 0.5) is 0 Å². The SMILES string of the molecule is S=c1oc2cc(Cl)cnc2o1. The first-order valence-corrected chi connectivity index (χ1v) is 3.59. The van der Waals surface area contributed by atoms with Gasteiger partial charge in [0.1, 0.15) is 0 Å². The topological polar surface area (TPSA) is 39.2 Å². The maximum Gasteiger partial charge on any atom is 0.365 e. The van der Waals surface area contributed by atoms with Crippen LogP contribution >= 0.6 is 23.8 Å². The van der Waals surface area contributed by atoms with E-state index in [0.29, 0.717) is 16.3 Å². The third-order valence-electron chi connectivity index (χ3n) is 1.16. The summed E-state index contributed by atoms with van der Waals surface area (Å²) in [5.41, 5.74) is 0.849. The quantitative estimate of drug-likeness (QED) is 0.595. The Morgan fingerprint density at radius 3 is 3.09 bits per heavy atom. The van der Waals surface area contributed by atoms with Gasteiger partial charge in [-0.05, 0) is 0 Å². The largest absolute Gasteiger partial charge is 0.411 e. The number of rotatable bonds is 0. The lowest BCUT2D eigenvalue weighted by Gasteiger charge is -1.83. The van der Waals surface area contributed by atoms with Crippen molar-refractivity contribution in [2.45, 2.75) is 0 Å². The molecule has 0 radical (unpaired) electrons. The van der Waals surface area contributed by atoms with Crippen LogP contribution in [0.5, 0.6) is 0 Å². The number of nitrogens with zero attached hydrogens (tertiary/aromatic N) is 1. The van der Waals surface area contributed by atoms with Crippen molar-refractivity contribution in [1.29, 1.82) is 0 Å². The van der Waals surface area contributed by atoms with Gasteiger partial charge in [0.2, 0.25) is 0 Å². The Balaban J connectivity index is 2.92. The van der Waals surface area contributed by atoms with Crippen LogP contribution in [0.3, 0.4) is 0 Å². The van der Waals surface area contributed by atoms with Gasteiger partial charge in [-0.15, -0.1) is 0 Å². The van der Waals surface area contributed by atoms with E-state index in [4.69, 9.17) is 20.4 Å². The number of pyridine rings is 1. The first-order valence-electron chi connectivity index (χ1n) is 2.81. The summed E-state index contributed by atoms with van der Waals surface area (Å²) in [7, 11) is 0. The molecule has 2 aromatic rings. The van der Waals surface area contributed by atoms with E-state index in [1.165, 1.54) is 6.20 Å². The second kappa shape index (κ2) is 2.32. The molecule has 0 aromatic carbocycles. The molecule has 0 atom stereocenters. The molecule has 0 unspecified atom stereocenters. The minimum atomic E-state index is 0.0646. The Morgan fingerprint density at radius 2 is 2.27 bits per heavy atom. The third-order valence-corrected chi connectivity index (χ3v) is 1.53. The first kappa shape index (κ1) is 6.82. The summed E-state index contributed by atoms with van der Waals surface area (Å²) in [6.07, 6.45) is 1.47. The molecule has 2 aromatic heterocycles. The molecule has 0 aliphatic carbocycles. The summed E-state index contributed by atoms with van der Waals surface area (Å²) < 4.78 is 9.85. The van der Waals surface area contributed by atoms with E-state index in [2.05, 4.69) is 17.2 Å². The summed E-state index contributed by atoms with van der Waals surface area (Å²) in [5.74, 6) is 0. The molecule has 2 rings (SSSR count). The van der Waals surface area contributed by atoms with E-state index in [0.717, 1.165) is 0 Å². The molecule has 0 amide bonds. The van der Waals surface area contributed by atoms with Crippen LogP contribution in [0.1, 0.15) is 0 Å². The third kappa shape index (κ3) is 1.15. The van der Waals surface area contributed by atoms with Crippen molar-refractivity contribution in [1.82, 2.24) is 4.98 Å². The van der Waals surface area contributed by atoms with Crippen LogP contribution in [-0.2, 0) is 0 Å². The lowest BCUT2D eigenvalue weighted by Crippen LogP contribution is -1.70. The molecule has 3 nitrogen and oxygen atoms in total. The summed E-state index contributed by atoms with van der Waals surface area (Å²) >= 11 is 10.3. The van der Waals surface area contributed by atoms with E-state index in [1.807, 2.05) is 0 Å². The highest BCUT2D eigenvalue weighted by Gasteiger charge is 2.01. The van der Waals surface area contributed by atoms with Crippen molar-refractivity contribution < 1.29 is 8.83 Å². The van der Waals surface area contributed by atoms with Crippen LogP contribution in [0.2, 0.25) is 5.02 Å². The van der Waals surface area contributed by atoms with Crippen LogP contribution in [-0.4, -0.2) is 4.98 Å². The predicted octanol–water partition coefficient (Wildman–Crippen LogP) is 2.80. The summed E-state index contributed by atoms with van der Waals surface area (Å²) in [6, 6.07) is 1.60. The standard InChI is InChI=1S/C6H2ClNO2S/c7-3-1-4-5(8-2-3)10-6(11)9-4/h1-2H. The van der Waals surface area contributed by atoms with Gasteiger partial charge in [0.15, 0.2) is 5.58 Å². The molecular weight excluding hydrogens is 186 g/mol. The van der Waals surface area contributed by atoms with E-state index >= 15 is 0 Å². The number of hydrogen-bond donors (Lipinski definition) is 0. The maximum atomic E-state index is 5.63. The molecule has 5 heteroatoms. The number of fused-ring (bicyclic) bond motifs is 1. The number of halogens is 1. The zero-order valence-corrected chi connectivity index (χ0v) is 6.78. The van der Waals surface area contributed by atoms with Crippen molar-refractivity contribution in [2.75, 3.05) is 0 Å². The highest BCUT2D eigenvalue weighted by molar-refractivity contribution is 7.71. The van der Waals surface area contributed by atoms with Crippen molar-refractivity contribution in [2.24, 2.45) is 0 Å². The minimum Gasteiger partial charge on any atom is -0.411 e. The van der Waals surface area contributed by atoms with E-state index in [-0.39, 0.29) is 4.90 Å². The van der Waals surface area contributed by atoms with Gasteiger partial charge in [-0.3, -0.25) is 0 Å². The lowest BCUT2D eigenvalue weighted by molar-refractivity contribution is 0.441. The fourth-order valence-corrected chi connectivity index (χ4v) is 1.06. The average Bonchev–Trinajstić information content (AvgIpc) is 2.27. The molecule has 0 bridgehead atoms. The van der Waals surface area contributed by atoms with Gasteiger partial charge >= 0.3 is 4.90 Å². The predicted molar refractivity (Wildman–Crippen MR) is 42.1 cm³/mol. The molecule has 0 aliphatic rings. The normalized spacial score (nSPS) is 10.6. The maximum absolute atomic E-state index is 5.63. The molecule has 0 N–H and O–H groups in total. The van der Waals surface area contributed by atoms with Gasteiger partial charge in [0.05, 0.1) is 5.02 Å². The van der Waals surface area contributed by atoms with Gasteiger partial charge < -0.3 is 8.83 Å². The molecule has 0 saturated heterocycles. The smallest absolute Gasteiger partial charge is 0.365 e. The molecule has 0 fully saturated rings. The van der Waals surface area contributed by atoms with Crippen molar-refractivity contribution in [3.8, 4) is 0 Å². The molecule has 0 spiro atoms. The van der Waals surface area contributed by atoms with Crippen LogP contribution in [0.25, 0.3) is 11.3 Å². The minimum absolute atomic E-state index is 0.0646. The van der Waals surface area contributed by atoms with Crippen LogP contribution in [0.15, 0.2) is 21.1 Å². The highest BCUT2D eigenvalue weighted by atomic mass is 35.5. The molecule has 56 valence electrons. The molecule has 11 heavy (non-hydrogen) atoms. The van der Waals surface area contributed by atoms with Gasteiger partial charge in [-0.1, -0.05) is 11.6 Å². The summed E-state index contributed by atoms with van der Waals surface area (Å²) in [6.45, 7) is 0. The van der Waals surface area contributed by atoms with Crippen molar-refractivity contribution in [3.63, 3.8) is 0 Å². The molecule has 0 saturated carbocycles. The van der Waals surface area contributed by atoms with E-state index in [1.54, 1.807) is 6.07 Å². The summed E-state index contributed by atoms with van der Waals surface area (Å²) in [4.78, 5) is 3.91. The number of hydrogen-bond acceptors (Lipinski definition) is 4. The Hall–Kier alpha value is -0.870. The zero-order chi connectivity index (χ0) is 7.84. The second-order valence-electron chi connectivity index (χ2n) is 1.91. The Labute approximate surface area is 71.6 Å². The second-order valence-corrected chi connectivity index (χ2v) is 2.68. The molecule has 0 aliphatic heterocycles. The van der Waals surface area contributed by atoms with Gasteiger partial charge in [0, 0.05) is 24.5 Å². The van der Waals surface area contributed by atoms with Gasteiger partial charge in [-0.2, -0.15) is 0 Å². The fourth-order valence-electron chi connectivity index (χ4n) is 0.747. The Bertz CT molecular complexity index is 447.